The minimum atomic E-state index is -1.72. The zero-order chi connectivity index (χ0) is 24.7. The van der Waals surface area contributed by atoms with Crippen LogP contribution < -0.4 is 0 Å². The Kier molecular flexibility index (Phi) is 11.1. The molecule has 0 aromatic heterocycles. The second-order valence-corrected chi connectivity index (χ2v) is 8.27. The van der Waals surface area contributed by atoms with Gasteiger partial charge in [-0.25, -0.2) is 0 Å². The van der Waals surface area contributed by atoms with Crippen LogP contribution in [0.3, 0.4) is 0 Å². The molecule has 2 aliphatic heterocycles. The summed E-state index contributed by atoms with van der Waals surface area (Å²) in [6, 6.07) is 0. The van der Waals surface area contributed by atoms with Gasteiger partial charge in [0, 0.05) is 0 Å². The van der Waals surface area contributed by atoms with E-state index in [4.69, 9.17) is 18.9 Å². The number of aliphatic hydroxyl groups is 7. The lowest BCUT2D eigenvalue weighted by molar-refractivity contribution is -0.358. The van der Waals surface area contributed by atoms with Gasteiger partial charge in [0.05, 0.1) is 19.8 Å². The first-order valence-electron chi connectivity index (χ1n) is 10.8. The lowest BCUT2D eigenvalue weighted by Gasteiger charge is -2.45. The van der Waals surface area contributed by atoms with Crippen molar-refractivity contribution < 1.29 is 54.7 Å². The Morgan fingerprint density at radius 2 is 1.48 bits per heavy atom. The number of hydrogen-bond acceptors (Lipinski definition) is 11. The van der Waals surface area contributed by atoms with Gasteiger partial charge in [0.25, 0.3) is 0 Å². The molecule has 2 heterocycles. The first kappa shape index (κ1) is 28.0. The molecular formula is C22H36O11. The van der Waals surface area contributed by atoms with Gasteiger partial charge in [-0.05, 0) is 19.8 Å². The third kappa shape index (κ3) is 7.13. The Hall–Kier alpha value is -1.22. The molecule has 2 saturated heterocycles. The summed E-state index contributed by atoms with van der Waals surface area (Å²) in [7, 11) is 0. The zero-order valence-corrected chi connectivity index (χ0v) is 18.6. The minimum Gasteiger partial charge on any atom is -0.394 e. The van der Waals surface area contributed by atoms with E-state index in [2.05, 4.69) is 13.2 Å². The van der Waals surface area contributed by atoms with Crippen LogP contribution in [0.25, 0.3) is 0 Å². The van der Waals surface area contributed by atoms with Crippen molar-refractivity contribution in [2.75, 3.05) is 19.8 Å². The molecule has 0 aromatic rings. The van der Waals surface area contributed by atoms with Gasteiger partial charge in [-0.15, -0.1) is 0 Å². The SMILES string of the molecule is C=CC(=C)CC/C=C(\C)COC1O[C@H](CO)[C@@H](OC2O[C@H](CO)[C@@H](O)[C@H](O)[C@H]2O)[C@H](O)[C@H]1O. The Morgan fingerprint density at radius 1 is 0.879 bits per heavy atom. The molecule has 0 radical (unpaired) electrons. The van der Waals surface area contributed by atoms with E-state index in [-0.39, 0.29) is 6.61 Å². The molecule has 11 heteroatoms. The van der Waals surface area contributed by atoms with Gasteiger partial charge < -0.3 is 54.7 Å². The van der Waals surface area contributed by atoms with Crippen LogP contribution in [-0.2, 0) is 18.9 Å². The number of hydrogen-bond donors (Lipinski definition) is 7. The van der Waals surface area contributed by atoms with Crippen molar-refractivity contribution in [3.63, 3.8) is 0 Å². The van der Waals surface area contributed by atoms with Crippen LogP contribution in [-0.4, -0.2) is 117 Å². The highest BCUT2D eigenvalue weighted by Crippen LogP contribution is 2.29. The molecule has 0 spiro atoms. The van der Waals surface area contributed by atoms with Gasteiger partial charge >= 0.3 is 0 Å². The van der Waals surface area contributed by atoms with E-state index in [1.807, 2.05) is 13.0 Å². The summed E-state index contributed by atoms with van der Waals surface area (Å²) in [5, 5.41) is 70.0. The van der Waals surface area contributed by atoms with Gasteiger partial charge in [0.2, 0.25) is 0 Å². The van der Waals surface area contributed by atoms with E-state index in [0.29, 0.717) is 0 Å². The molecule has 0 aliphatic carbocycles. The second-order valence-electron chi connectivity index (χ2n) is 8.27. The Bertz CT molecular complexity index is 665. The fourth-order valence-electron chi connectivity index (χ4n) is 3.57. The van der Waals surface area contributed by atoms with Crippen LogP contribution in [0.5, 0.6) is 0 Å². The van der Waals surface area contributed by atoms with E-state index in [1.165, 1.54) is 0 Å². The lowest BCUT2D eigenvalue weighted by atomic mass is 9.97. The third-order valence-electron chi connectivity index (χ3n) is 5.68. The standard InChI is InChI=1S/C22H36O11/c1-4-11(2)6-5-7-12(3)10-30-21-19(29)17(27)20(14(9-24)32-21)33-22-18(28)16(26)15(25)13(8-23)31-22/h4,7,13-29H,1-2,5-6,8-10H2,3H3/b12-7+/t13-,14-,15-,16+,17-,18-,19-,20-,21?,22?/m1/s1. The van der Waals surface area contributed by atoms with Crippen molar-refractivity contribution in [1.29, 1.82) is 0 Å². The van der Waals surface area contributed by atoms with Gasteiger partial charge in [-0.3, -0.25) is 0 Å². The number of ether oxygens (including phenoxy) is 4. The van der Waals surface area contributed by atoms with Crippen LogP contribution in [0, 0.1) is 0 Å². The van der Waals surface area contributed by atoms with E-state index in [9.17, 15) is 35.7 Å². The largest absolute Gasteiger partial charge is 0.394 e. The average molecular weight is 477 g/mol. The summed E-state index contributed by atoms with van der Waals surface area (Å²) in [6.45, 7) is 8.14. The molecular weight excluding hydrogens is 440 g/mol. The number of rotatable bonds is 11. The van der Waals surface area contributed by atoms with Crippen LogP contribution in [0.4, 0.5) is 0 Å². The van der Waals surface area contributed by atoms with Crippen molar-refractivity contribution in [2.24, 2.45) is 0 Å². The molecule has 190 valence electrons. The van der Waals surface area contributed by atoms with Gasteiger partial charge in [-0.1, -0.05) is 36.5 Å². The first-order chi connectivity index (χ1) is 15.6. The highest BCUT2D eigenvalue weighted by atomic mass is 16.7. The molecule has 10 atom stereocenters. The summed E-state index contributed by atoms with van der Waals surface area (Å²) in [4.78, 5) is 0. The third-order valence-corrected chi connectivity index (χ3v) is 5.68. The topological polar surface area (TPSA) is 179 Å². The predicted octanol–water partition coefficient (Wildman–Crippen LogP) is -1.90. The van der Waals surface area contributed by atoms with E-state index >= 15 is 0 Å². The van der Waals surface area contributed by atoms with Crippen molar-refractivity contribution >= 4 is 0 Å². The highest BCUT2D eigenvalue weighted by Gasteiger charge is 2.50. The smallest absolute Gasteiger partial charge is 0.187 e. The molecule has 2 fully saturated rings. The van der Waals surface area contributed by atoms with Crippen LogP contribution in [0.2, 0.25) is 0 Å². The van der Waals surface area contributed by atoms with Crippen molar-refractivity contribution in [2.45, 2.75) is 81.2 Å². The normalized spacial score (nSPS) is 39.9. The molecule has 11 nitrogen and oxygen atoms in total. The maximum absolute atomic E-state index is 10.6. The highest BCUT2D eigenvalue weighted by molar-refractivity contribution is 5.12. The van der Waals surface area contributed by atoms with Crippen LogP contribution >= 0.6 is 0 Å². The molecule has 0 saturated carbocycles. The van der Waals surface area contributed by atoms with E-state index in [1.54, 1.807) is 6.08 Å². The fraction of sp³-hybridized carbons (Fsp3) is 0.727. The summed E-state index contributed by atoms with van der Waals surface area (Å²) in [5.74, 6) is 0. The summed E-state index contributed by atoms with van der Waals surface area (Å²) in [6.07, 6.45) is -9.64. The molecule has 0 amide bonds. The average Bonchev–Trinajstić information content (AvgIpc) is 2.81. The van der Waals surface area contributed by atoms with Gasteiger partial charge in [0.1, 0.15) is 48.8 Å². The molecule has 2 unspecified atom stereocenters. The Balaban J connectivity index is 1.98. The molecule has 2 rings (SSSR count). The van der Waals surface area contributed by atoms with Gasteiger partial charge in [-0.2, -0.15) is 0 Å². The molecule has 33 heavy (non-hydrogen) atoms. The van der Waals surface area contributed by atoms with Crippen LogP contribution in [0.1, 0.15) is 19.8 Å². The summed E-state index contributed by atoms with van der Waals surface area (Å²) < 4.78 is 21.9. The minimum absolute atomic E-state index is 0.103. The van der Waals surface area contributed by atoms with Gasteiger partial charge in [0.15, 0.2) is 12.6 Å². The quantitative estimate of drug-likeness (QED) is 0.131. The summed E-state index contributed by atoms with van der Waals surface area (Å²) in [5.41, 5.74) is 1.77. The van der Waals surface area contributed by atoms with E-state index < -0.39 is 74.6 Å². The molecule has 7 N–H and O–H groups in total. The Morgan fingerprint density at radius 3 is 2.09 bits per heavy atom. The number of aliphatic hydroxyl groups excluding tert-OH is 7. The molecule has 0 aromatic carbocycles. The van der Waals surface area contributed by atoms with Crippen molar-refractivity contribution in [3.8, 4) is 0 Å². The second kappa shape index (κ2) is 13.0. The first-order valence-corrected chi connectivity index (χ1v) is 10.8. The Labute approximate surface area is 192 Å². The molecule has 0 bridgehead atoms. The fourth-order valence-corrected chi connectivity index (χ4v) is 3.57. The van der Waals surface area contributed by atoms with Crippen LogP contribution in [0.15, 0.2) is 36.5 Å². The zero-order valence-electron chi connectivity index (χ0n) is 18.6. The monoisotopic (exact) mass is 476 g/mol. The van der Waals surface area contributed by atoms with E-state index in [0.717, 1.165) is 24.0 Å². The van der Waals surface area contributed by atoms with Crippen molar-refractivity contribution in [1.82, 2.24) is 0 Å². The molecule has 2 aliphatic rings. The maximum atomic E-state index is 10.6. The number of allylic oxidation sites excluding steroid dienone is 3. The predicted molar refractivity (Wildman–Crippen MR) is 115 cm³/mol. The van der Waals surface area contributed by atoms with Crippen molar-refractivity contribution in [3.05, 3.63) is 36.5 Å². The lowest BCUT2D eigenvalue weighted by Crippen LogP contribution is -2.64. The maximum Gasteiger partial charge on any atom is 0.187 e. The summed E-state index contributed by atoms with van der Waals surface area (Å²) >= 11 is 0.